The summed E-state index contributed by atoms with van der Waals surface area (Å²) in [5, 5.41) is 5.28. The molecule has 0 saturated carbocycles. The minimum atomic E-state index is -1.23. The van der Waals surface area contributed by atoms with Crippen LogP contribution in [-0.2, 0) is 19.1 Å². The standard InChI is InChI=1S/C25H36N4O5/c1-7-9-15-27-22(31)21(18-12-10-11-17(3)16-18)29(8-2)23(32)19(13-14-20(26)30)28-24(33)34-25(4,5)6/h2,10-12,16,19,21H,7,9,13-15H2,1,3-6H3,(H2,26,30)(H,27,31)(H,28,33). The van der Waals surface area contributed by atoms with Crippen molar-refractivity contribution in [2.75, 3.05) is 6.54 Å². The lowest BCUT2D eigenvalue weighted by Crippen LogP contribution is -2.51. The van der Waals surface area contributed by atoms with Crippen molar-refractivity contribution in [3.8, 4) is 12.5 Å². The number of unbranched alkanes of at least 4 members (excludes halogenated alkanes) is 1. The summed E-state index contributed by atoms with van der Waals surface area (Å²) in [6.45, 7) is 9.30. The van der Waals surface area contributed by atoms with Crippen molar-refractivity contribution in [3.63, 3.8) is 0 Å². The van der Waals surface area contributed by atoms with E-state index in [9.17, 15) is 19.2 Å². The number of terminal acetylenes is 1. The number of rotatable bonds is 11. The van der Waals surface area contributed by atoms with Gasteiger partial charge in [0, 0.05) is 19.0 Å². The molecule has 0 bridgehead atoms. The number of hydrogen-bond donors (Lipinski definition) is 3. The normalized spacial score (nSPS) is 12.6. The number of nitrogens with two attached hydrogens (primary N) is 1. The molecule has 1 aromatic rings. The molecule has 0 heterocycles. The fourth-order valence-electron chi connectivity index (χ4n) is 3.17. The summed E-state index contributed by atoms with van der Waals surface area (Å²) >= 11 is 0. The molecule has 34 heavy (non-hydrogen) atoms. The number of alkyl carbamates (subject to hydrolysis) is 1. The highest BCUT2D eigenvalue weighted by atomic mass is 16.6. The van der Waals surface area contributed by atoms with Gasteiger partial charge in [0.1, 0.15) is 17.7 Å². The fourth-order valence-corrected chi connectivity index (χ4v) is 3.17. The monoisotopic (exact) mass is 472 g/mol. The zero-order chi connectivity index (χ0) is 25.9. The number of amides is 4. The number of primary amides is 1. The van der Waals surface area contributed by atoms with Crippen molar-refractivity contribution in [3.05, 3.63) is 35.4 Å². The first-order valence-corrected chi connectivity index (χ1v) is 11.3. The zero-order valence-electron chi connectivity index (χ0n) is 20.6. The van der Waals surface area contributed by atoms with Crippen molar-refractivity contribution in [2.24, 2.45) is 5.73 Å². The molecule has 9 heteroatoms. The summed E-state index contributed by atoms with van der Waals surface area (Å²) in [6.07, 6.45) is 6.21. The molecule has 0 saturated heterocycles. The Morgan fingerprint density at radius 2 is 1.91 bits per heavy atom. The van der Waals surface area contributed by atoms with E-state index < -0.39 is 41.5 Å². The lowest BCUT2D eigenvalue weighted by molar-refractivity contribution is -0.138. The van der Waals surface area contributed by atoms with Crippen LogP contribution >= 0.6 is 0 Å². The molecule has 0 aliphatic carbocycles. The Labute approximate surface area is 201 Å². The predicted octanol–water partition coefficient (Wildman–Crippen LogP) is 2.53. The molecular formula is C25H36N4O5. The number of hydrogen-bond acceptors (Lipinski definition) is 5. The number of nitrogens with one attached hydrogen (secondary N) is 2. The highest BCUT2D eigenvalue weighted by molar-refractivity contribution is 5.93. The van der Waals surface area contributed by atoms with Crippen LogP contribution in [0.3, 0.4) is 0 Å². The Morgan fingerprint density at radius 3 is 2.44 bits per heavy atom. The Balaban J connectivity index is 3.32. The van der Waals surface area contributed by atoms with Crippen molar-refractivity contribution in [1.82, 2.24) is 15.5 Å². The van der Waals surface area contributed by atoms with Gasteiger partial charge in [-0.3, -0.25) is 19.3 Å². The van der Waals surface area contributed by atoms with E-state index in [1.165, 1.54) is 0 Å². The third-order valence-corrected chi connectivity index (χ3v) is 4.74. The minimum Gasteiger partial charge on any atom is -0.444 e. The van der Waals surface area contributed by atoms with Crippen LogP contribution in [0.15, 0.2) is 24.3 Å². The molecule has 1 rings (SSSR count). The van der Waals surface area contributed by atoms with Gasteiger partial charge in [-0.1, -0.05) is 49.6 Å². The first-order chi connectivity index (χ1) is 15.9. The highest BCUT2D eigenvalue weighted by Crippen LogP contribution is 2.23. The molecule has 0 radical (unpaired) electrons. The van der Waals surface area contributed by atoms with E-state index in [2.05, 4.69) is 16.7 Å². The number of carbonyl (C=O) groups is 4. The third kappa shape index (κ3) is 9.53. The van der Waals surface area contributed by atoms with Crippen LogP contribution in [0, 0.1) is 19.4 Å². The average molecular weight is 473 g/mol. The molecule has 9 nitrogen and oxygen atoms in total. The van der Waals surface area contributed by atoms with Crippen molar-refractivity contribution in [1.29, 1.82) is 0 Å². The third-order valence-electron chi connectivity index (χ3n) is 4.74. The van der Waals surface area contributed by atoms with Gasteiger partial charge in [-0.15, -0.1) is 0 Å². The van der Waals surface area contributed by atoms with Crippen LogP contribution in [0.5, 0.6) is 0 Å². The fraction of sp³-hybridized carbons (Fsp3) is 0.520. The molecule has 0 spiro atoms. The Kier molecular flexibility index (Phi) is 11.1. The maximum atomic E-state index is 13.5. The number of benzene rings is 1. The molecule has 4 N–H and O–H groups in total. The molecule has 0 aromatic heterocycles. The summed E-state index contributed by atoms with van der Waals surface area (Å²) in [4.78, 5) is 51.3. The van der Waals surface area contributed by atoms with Gasteiger partial charge in [0.2, 0.25) is 11.8 Å². The maximum absolute atomic E-state index is 13.5. The lowest BCUT2D eigenvalue weighted by Gasteiger charge is -2.30. The van der Waals surface area contributed by atoms with Gasteiger partial charge in [-0.2, -0.15) is 0 Å². The van der Waals surface area contributed by atoms with E-state index in [0.29, 0.717) is 12.1 Å². The van der Waals surface area contributed by atoms with Crippen LogP contribution in [0.2, 0.25) is 0 Å². The number of carbonyl (C=O) groups excluding carboxylic acids is 4. The van der Waals surface area contributed by atoms with Crippen LogP contribution in [0.4, 0.5) is 4.79 Å². The van der Waals surface area contributed by atoms with Gasteiger partial charge in [0.25, 0.3) is 5.91 Å². The highest BCUT2D eigenvalue weighted by Gasteiger charge is 2.36. The largest absolute Gasteiger partial charge is 0.444 e. The number of aryl methyl sites for hydroxylation is 1. The molecule has 0 aliphatic rings. The van der Waals surface area contributed by atoms with E-state index in [1.54, 1.807) is 39.0 Å². The Morgan fingerprint density at radius 1 is 1.24 bits per heavy atom. The topological polar surface area (TPSA) is 131 Å². The Bertz CT molecular complexity index is 917. The first-order valence-electron chi connectivity index (χ1n) is 11.3. The van der Waals surface area contributed by atoms with E-state index in [4.69, 9.17) is 16.9 Å². The summed E-state index contributed by atoms with van der Waals surface area (Å²) < 4.78 is 5.24. The SMILES string of the molecule is C#CN(C(=O)C(CCC(N)=O)NC(=O)OC(C)(C)C)C(C(=O)NCCCC)c1cccc(C)c1. The van der Waals surface area contributed by atoms with Crippen LogP contribution < -0.4 is 16.4 Å². The van der Waals surface area contributed by atoms with Crippen molar-refractivity contribution in [2.45, 2.75) is 78.0 Å². The summed E-state index contributed by atoms with van der Waals surface area (Å²) in [7, 11) is 0. The summed E-state index contributed by atoms with van der Waals surface area (Å²) in [5.41, 5.74) is 5.84. The molecule has 4 amide bonds. The quantitative estimate of drug-likeness (QED) is 0.259. The van der Waals surface area contributed by atoms with Gasteiger partial charge >= 0.3 is 6.09 Å². The molecule has 0 fully saturated rings. The lowest BCUT2D eigenvalue weighted by atomic mass is 10.0. The van der Waals surface area contributed by atoms with Crippen LogP contribution in [-0.4, -0.2) is 46.9 Å². The van der Waals surface area contributed by atoms with E-state index in [0.717, 1.165) is 23.3 Å². The van der Waals surface area contributed by atoms with Crippen molar-refractivity contribution >= 4 is 23.8 Å². The van der Waals surface area contributed by atoms with Gasteiger partial charge in [-0.05, 0) is 46.1 Å². The first kappa shape index (κ1) is 28.5. The molecule has 0 aliphatic heterocycles. The van der Waals surface area contributed by atoms with Crippen LogP contribution in [0.1, 0.15) is 70.5 Å². The second kappa shape index (κ2) is 13.2. The van der Waals surface area contributed by atoms with Gasteiger partial charge in [-0.25, -0.2) is 4.79 Å². The summed E-state index contributed by atoms with van der Waals surface area (Å²) in [6, 6.07) is 7.02. The molecule has 186 valence electrons. The predicted molar refractivity (Wildman–Crippen MR) is 129 cm³/mol. The molecular weight excluding hydrogens is 436 g/mol. The van der Waals surface area contributed by atoms with Gasteiger partial charge in [0.15, 0.2) is 0 Å². The second-order valence-corrected chi connectivity index (χ2v) is 9.00. The smallest absolute Gasteiger partial charge is 0.408 e. The maximum Gasteiger partial charge on any atom is 0.408 e. The van der Waals surface area contributed by atoms with Crippen LogP contribution in [0.25, 0.3) is 0 Å². The van der Waals surface area contributed by atoms with Crippen molar-refractivity contribution < 1.29 is 23.9 Å². The number of nitrogens with zero attached hydrogens (tertiary/aromatic N) is 1. The van der Waals surface area contributed by atoms with E-state index in [-0.39, 0.29) is 12.8 Å². The van der Waals surface area contributed by atoms with E-state index in [1.807, 2.05) is 19.9 Å². The summed E-state index contributed by atoms with van der Waals surface area (Å²) in [5.74, 6) is -1.83. The molecule has 2 unspecified atom stereocenters. The average Bonchev–Trinajstić information content (AvgIpc) is 2.73. The van der Waals surface area contributed by atoms with Gasteiger partial charge < -0.3 is 21.1 Å². The van der Waals surface area contributed by atoms with E-state index >= 15 is 0 Å². The van der Waals surface area contributed by atoms with Gasteiger partial charge in [0.05, 0.1) is 0 Å². The second-order valence-electron chi connectivity index (χ2n) is 9.00. The Hall–Kier alpha value is -3.54. The molecule has 2 atom stereocenters. The minimum absolute atomic E-state index is 0.108. The zero-order valence-corrected chi connectivity index (χ0v) is 20.6. The molecule has 1 aromatic carbocycles. The number of ether oxygens (including phenoxy) is 1.